The van der Waals surface area contributed by atoms with E-state index in [0.717, 1.165) is 0 Å². The van der Waals surface area contributed by atoms with Crippen LogP contribution in [0.5, 0.6) is 11.5 Å². The second-order valence-corrected chi connectivity index (χ2v) is 7.46. The molecule has 160 valence electrons. The van der Waals surface area contributed by atoms with E-state index in [1.165, 1.54) is 13.2 Å². The highest BCUT2D eigenvalue weighted by Crippen LogP contribution is 2.39. The highest BCUT2D eigenvalue weighted by Gasteiger charge is 2.30. The number of fused-ring (bicyclic) bond motifs is 1. The third kappa shape index (κ3) is 4.13. The van der Waals surface area contributed by atoms with Crippen LogP contribution in [-0.2, 0) is 4.74 Å². The minimum atomic E-state index is -0.568. The maximum atomic E-state index is 12.8. The van der Waals surface area contributed by atoms with E-state index in [1.54, 1.807) is 67.6 Å². The first-order valence-electron chi connectivity index (χ1n) is 9.61. The summed E-state index contributed by atoms with van der Waals surface area (Å²) >= 11 is 5.94. The van der Waals surface area contributed by atoms with Crippen LogP contribution < -0.4 is 9.47 Å². The van der Waals surface area contributed by atoms with E-state index >= 15 is 0 Å². The third-order valence-electron chi connectivity index (χ3n) is 4.93. The van der Waals surface area contributed by atoms with E-state index in [-0.39, 0.29) is 17.3 Å². The quantitative estimate of drug-likeness (QED) is 0.307. The van der Waals surface area contributed by atoms with Gasteiger partial charge in [0.15, 0.2) is 5.76 Å². The van der Waals surface area contributed by atoms with Crippen LogP contribution in [0.4, 0.5) is 0 Å². The number of rotatable bonds is 4. The minimum absolute atomic E-state index is 0.132. The number of hydrogen-bond acceptors (Lipinski definition) is 6. The average molecular weight is 449 g/mol. The number of ether oxygens (including phenoxy) is 3. The van der Waals surface area contributed by atoms with E-state index < -0.39 is 11.9 Å². The fourth-order valence-electron chi connectivity index (χ4n) is 3.24. The summed E-state index contributed by atoms with van der Waals surface area (Å²) in [6, 6.07) is 16.1. The fourth-order valence-corrected chi connectivity index (χ4v) is 3.43. The summed E-state index contributed by atoms with van der Waals surface area (Å²) in [5, 5.41) is 0.424. The number of halogens is 1. The number of hydrogen-bond donors (Lipinski definition) is 0. The number of esters is 2. The molecule has 1 heterocycles. The van der Waals surface area contributed by atoms with Crippen LogP contribution in [0.15, 0.2) is 66.4 Å². The summed E-state index contributed by atoms with van der Waals surface area (Å²) < 4.78 is 16.0. The Morgan fingerprint density at radius 1 is 0.969 bits per heavy atom. The maximum absolute atomic E-state index is 12.8. The monoisotopic (exact) mass is 448 g/mol. The van der Waals surface area contributed by atoms with Gasteiger partial charge in [0, 0.05) is 10.6 Å². The molecule has 0 spiro atoms. The van der Waals surface area contributed by atoms with Gasteiger partial charge < -0.3 is 14.2 Å². The van der Waals surface area contributed by atoms with Crippen molar-refractivity contribution in [2.24, 2.45) is 0 Å². The smallest absolute Gasteiger partial charge is 0.343 e. The first-order valence-corrected chi connectivity index (χ1v) is 9.99. The van der Waals surface area contributed by atoms with Gasteiger partial charge >= 0.3 is 11.9 Å². The molecule has 0 unspecified atom stereocenters. The first-order chi connectivity index (χ1) is 15.4. The number of carbonyl (C=O) groups excluding carboxylic acids is 3. The molecule has 0 saturated heterocycles. The normalized spacial score (nSPS) is 13.5. The zero-order valence-electron chi connectivity index (χ0n) is 17.2. The molecule has 4 rings (SSSR count). The van der Waals surface area contributed by atoms with Crippen LogP contribution in [0.2, 0.25) is 5.02 Å². The molecular formula is C25H17ClO6. The number of carbonyl (C=O) groups is 3. The standard InChI is InChI=1S/C25H17ClO6/c1-14-20(32-25(29)17-4-3-5-18(26)13-17)11-10-19-22(27)21(31-23(14)19)12-15-6-8-16(9-7-15)24(28)30-2/h3-13H,1-2H3/b21-12-. The van der Waals surface area contributed by atoms with Gasteiger partial charge in [-0.05, 0) is 61.0 Å². The van der Waals surface area contributed by atoms with Gasteiger partial charge in [-0.3, -0.25) is 4.79 Å². The molecule has 0 fully saturated rings. The Bertz CT molecular complexity index is 1270. The molecular weight excluding hydrogens is 432 g/mol. The number of ketones is 1. The van der Waals surface area contributed by atoms with Gasteiger partial charge in [0.05, 0.1) is 23.8 Å². The van der Waals surface area contributed by atoms with E-state index in [4.69, 9.17) is 21.1 Å². The lowest BCUT2D eigenvalue weighted by molar-refractivity contribution is 0.0600. The zero-order valence-corrected chi connectivity index (χ0v) is 17.9. The fraction of sp³-hybridized carbons (Fsp3) is 0.0800. The van der Waals surface area contributed by atoms with Gasteiger partial charge in [0.1, 0.15) is 11.5 Å². The van der Waals surface area contributed by atoms with Crippen LogP contribution in [0.25, 0.3) is 6.08 Å². The Hall–Kier alpha value is -3.90. The Balaban J connectivity index is 1.57. The van der Waals surface area contributed by atoms with Crippen LogP contribution in [-0.4, -0.2) is 24.8 Å². The van der Waals surface area contributed by atoms with Gasteiger partial charge in [-0.15, -0.1) is 0 Å². The van der Waals surface area contributed by atoms with Crippen molar-refractivity contribution in [3.63, 3.8) is 0 Å². The Kier molecular flexibility index (Phi) is 5.79. The molecule has 0 aliphatic carbocycles. The molecule has 0 radical (unpaired) electrons. The second-order valence-electron chi connectivity index (χ2n) is 7.02. The number of Topliss-reactive ketones (excluding diaryl/α,β-unsaturated/α-hetero) is 1. The topological polar surface area (TPSA) is 78.9 Å². The lowest BCUT2D eigenvalue weighted by Crippen LogP contribution is -2.09. The molecule has 0 bridgehead atoms. The molecule has 3 aromatic carbocycles. The van der Waals surface area contributed by atoms with Gasteiger partial charge in [0.2, 0.25) is 5.78 Å². The van der Waals surface area contributed by atoms with E-state index in [0.29, 0.717) is 38.6 Å². The highest BCUT2D eigenvalue weighted by atomic mass is 35.5. The minimum Gasteiger partial charge on any atom is -0.465 e. The molecule has 7 heteroatoms. The Morgan fingerprint density at radius 2 is 1.72 bits per heavy atom. The number of methoxy groups -OCH3 is 1. The average Bonchev–Trinajstić information content (AvgIpc) is 3.11. The van der Waals surface area contributed by atoms with Crippen molar-refractivity contribution in [3.8, 4) is 11.5 Å². The van der Waals surface area contributed by atoms with Crippen molar-refractivity contribution in [3.05, 3.63) is 99.3 Å². The number of allylic oxidation sites excluding steroid dienone is 1. The van der Waals surface area contributed by atoms with E-state index in [1.807, 2.05) is 0 Å². The van der Waals surface area contributed by atoms with E-state index in [9.17, 15) is 14.4 Å². The lowest BCUT2D eigenvalue weighted by Gasteiger charge is -2.10. The first kappa shape index (κ1) is 21.3. The summed E-state index contributed by atoms with van der Waals surface area (Å²) in [5.41, 5.74) is 2.29. The Morgan fingerprint density at radius 3 is 2.41 bits per heavy atom. The van der Waals surface area contributed by atoms with Crippen molar-refractivity contribution in [2.75, 3.05) is 7.11 Å². The molecule has 6 nitrogen and oxygen atoms in total. The molecule has 1 aliphatic heterocycles. The SMILES string of the molecule is COC(=O)c1ccc(/C=C2\Oc3c(ccc(OC(=O)c4cccc(Cl)c4)c3C)C2=O)cc1. The third-order valence-corrected chi connectivity index (χ3v) is 5.16. The van der Waals surface area contributed by atoms with Crippen LogP contribution in [0, 0.1) is 6.92 Å². The number of benzene rings is 3. The van der Waals surface area contributed by atoms with Crippen molar-refractivity contribution in [2.45, 2.75) is 6.92 Å². The van der Waals surface area contributed by atoms with E-state index in [2.05, 4.69) is 4.74 Å². The van der Waals surface area contributed by atoms with Crippen LogP contribution in [0.1, 0.15) is 42.2 Å². The maximum Gasteiger partial charge on any atom is 0.343 e. The summed E-state index contributed by atoms with van der Waals surface area (Å²) in [6.07, 6.45) is 1.58. The molecule has 0 N–H and O–H groups in total. The predicted molar refractivity (Wildman–Crippen MR) is 118 cm³/mol. The van der Waals surface area contributed by atoms with Gasteiger partial charge in [-0.25, -0.2) is 9.59 Å². The summed E-state index contributed by atoms with van der Waals surface area (Å²) in [4.78, 5) is 36.8. The van der Waals surface area contributed by atoms with Gasteiger partial charge in [-0.1, -0.05) is 29.8 Å². The van der Waals surface area contributed by atoms with Gasteiger partial charge in [-0.2, -0.15) is 0 Å². The van der Waals surface area contributed by atoms with Crippen molar-refractivity contribution in [1.29, 1.82) is 0 Å². The van der Waals surface area contributed by atoms with Crippen LogP contribution in [0.3, 0.4) is 0 Å². The predicted octanol–water partition coefficient (Wildman–Crippen LogP) is 5.27. The van der Waals surface area contributed by atoms with Crippen molar-refractivity contribution in [1.82, 2.24) is 0 Å². The molecule has 0 amide bonds. The second kappa shape index (κ2) is 8.69. The van der Waals surface area contributed by atoms with Crippen molar-refractivity contribution >= 4 is 35.4 Å². The lowest BCUT2D eigenvalue weighted by atomic mass is 10.1. The molecule has 0 aromatic heterocycles. The largest absolute Gasteiger partial charge is 0.465 e. The molecule has 0 saturated carbocycles. The Labute approximate surface area is 189 Å². The van der Waals surface area contributed by atoms with Gasteiger partial charge in [0.25, 0.3) is 0 Å². The molecule has 3 aromatic rings. The molecule has 1 aliphatic rings. The summed E-state index contributed by atoms with van der Waals surface area (Å²) in [5.74, 6) is -0.546. The van der Waals surface area contributed by atoms with Crippen molar-refractivity contribution < 1.29 is 28.6 Å². The molecule has 0 atom stereocenters. The molecule has 32 heavy (non-hydrogen) atoms. The van der Waals surface area contributed by atoms with Crippen LogP contribution >= 0.6 is 11.6 Å². The zero-order chi connectivity index (χ0) is 22.8. The highest BCUT2D eigenvalue weighted by molar-refractivity contribution is 6.30. The summed E-state index contributed by atoms with van der Waals surface area (Å²) in [6.45, 7) is 1.71. The summed E-state index contributed by atoms with van der Waals surface area (Å²) in [7, 11) is 1.31.